The van der Waals surface area contributed by atoms with Gasteiger partial charge in [0.25, 0.3) is 0 Å². The van der Waals surface area contributed by atoms with E-state index in [2.05, 4.69) is 36.4 Å². The van der Waals surface area contributed by atoms with Crippen LogP contribution in [0.5, 0.6) is 0 Å². The third-order valence-electron chi connectivity index (χ3n) is 4.29. The summed E-state index contributed by atoms with van der Waals surface area (Å²) in [5.41, 5.74) is 1.94. The maximum Gasteiger partial charge on any atom is 0.356 e. The molecule has 0 bridgehead atoms. The molecule has 0 unspecified atom stereocenters. The summed E-state index contributed by atoms with van der Waals surface area (Å²) in [5.74, 6) is 0.267. The van der Waals surface area contributed by atoms with Gasteiger partial charge in [-0.2, -0.15) is 0 Å². The molecular weight excluding hydrogens is 412 g/mol. The Balaban J connectivity index is 1.85. The normalized spacial score (nSPS) is 16.4. The summed E-state index contributed by atoms with van der Waals surface area (Å²) in [6.07, 6.45) is 0. The van der Waals surface area contributed by atoms with E-state index in [4.69, 9.17) is 9.15 Å². The summed E-state index contributed by atoms with van der Waals surface area (Å²) in [4.78, 5) is 19.1. The molecule has 2 N–H and O–H groups in total. The summed E-state index contributed by atoms with van der Waals surface area (Å²) in [7, 11) is 0. The lowest BCUT2D eigenvalue weighted by molar-refractivity contribution is 0.0519. The van der Waals surface area contributed by atoms with E-state index in [1.807, 2.05) is 18.2 Å². The average molecular weight is 437 g/mol. The van der Waals surface area contributed by atoms with Gasteiger partial charge in [-0.1, -0.05) is 0 Å². The molecule has 2 aromatic rings. The third-order valence-corrected chi connectivity index (χ3v) is 4.72. The number of carbonyl (C=O) groups is 1. The fourth-order valence-electron chi connectivity index (χ4n) is 2.99. The van der Waals surface area contributed by atoms with Crippen LogP contribution in [-0.4, -0.2) is 61.7 Å². The van der Waals surface area contributed by atoms with Gasteiger partial charge in [0.05, 0.1) is 12.3 Å². The van der Waals surface area contributed by atoms with E-state index in [0.717, 1.165) is 50.5 Å². The zero-order valence-corrected chi connectivity index (χ0v) is 17.0. The van der Waals surface area contributed by atoms with Gasteiger partial charge in [-0.15, -0.1) is 0 Å². The SMILES string of the molecule is CCOC(=O)c1cc(-c2ccc(Br)o2)cc(CN2CCNCCNCC2)n1. The Hall–Kier alpha value is -1.74. The highest BCUT2D eigenvalue weighted by Gasteiger charge is 2.16. The Labute approximate surface area is 167 Å². The summed E-state index contributed by atoms with van der Waals surface area (Å²) in [6.45, 7) is 8.42. The molecule has 1 aliphatic rings. The van der Waals surface area contributed by atoms with Crippen molar-refractivity contribution in [2.45, 2.75) is 13.5 Å². The first-order valence-corrected chi connectivity index (χ1v) is 10.0. The highest BCUT2D eigenvalue weighted by Crippen LogP contribution is 2.26. The van der Waals surface area contributed by atoms with Crippen molar-refractivity contribution in [3.8, 4) is 11.3 Å². The number of ether oxygens (including phenoxy) is 1. The minimum Gasteiger partial charge on any atom is -0.461 e. The number of rotatable bonds is 5. The van der Waals surface area contributed by atoms with Crippen LogP contribution in [0.15, 0.2) is 33.4 Å². The molecule has 3 heterocycles. The molecule has 0 radical (unpaired) electrons. The zero-order valence-electron chi connectivity index (χ0n) is 15.5. The van der Waals surface area contributed by atoms with Gasteiger partial charge in [-0.3, -0.25) is 4.90 Å². The van der Waals surface area contributed by atoms with Gasteiger partial charge in [0.2, 0.25) is 0 Å². The van der Waals surface area contributed by atoms with Crippen molar-refractivity contribution in [3.63, 3.8) is 0 Å². The molecule has 0 aliphatic carbocycles. The van der Waals surface area contributed by atoms with Crippen LogP contribution in [-0.2, 0) is 11.3 Å². The number of furan rings is 1. The standard InChI is InChI=1S/C19H25BrN4O3/c1-2-26-19(25)16-12-14(17-3-4-18(20)27-17)11-15(23-16)13-24-9-7-21-5-6-22-8-10-24/h3-4,11-12,21-22H,2,5-10,13H2,1H3. The van der Waals surface area contributed by atoms with Crippen molar-refractivity contribution in [1.82, 2.24) is 20.5 Å². The minimum atomic E-state index is -0.418. The van der Waals surface area contributed by atoms with Crippen molar-refractivity contribution < 1.29 is 13.9 Å². The Morgan fingerprint density at radius 3 is 2.59 bits per heavy atom. The molecule has 8 heteroatoms. The van der Waals surface area contributed by atoms with Crippen molar-refractivity contribution in [2.24, 2.45) is 0 Å². The quantitative estimate of drug-likeness (QED) is 0.695. The summed E-state index contributed by atoms with van der Waals surface area (Å²) in [5, 5.41) is 6.82. The van der Waals surface area contributed by atoms with E-state index in [9.17, 15) is 4.79 Å². The van der Waals surface area contributed by atoms with Crippen LogP contribution in [0.4, 0.5) is 0 Å². The largest absolute Gasteiger partial charge is 0.461 e. The van der Waals surface area contributed by atoms with Crippen LogP contribution in [0.2, 0.25) is 0 Å². The van der Waals surface area contributed by atoms with Gasteiger partial charge >= 0.3 is 5.97 Å². The fourth-order valence-corrected chi connectivity index (χ4v) is 3.30. The lowest BCUT2D eigenvalue weighted by Gasteiger charge is -2.21. The molecule has 146 valence electrons. The number of carbonyl (C=O) groups excluding carboxylic acids is 1. The molecule has 3 rings (SSSR count). The van der Waals surface area contributed by atoms with Gasteiger partial charge in [-0.05, 0) is 47.1 Å². The summed E-state index contributed by atoms with van der Waals surface area (Å²) >= 11 is 3.33. The predicted octanol–water partition coefficient (Wildman–Crippen LogP) is 2.28. The molecular formula is C19H25BrN4O3. The van der Waals surface area contributed by atoms with Crippen molar-refractivity contribution in [3.05, 3.63) is 40.3 Å². The van der Waals surface area contributed by atoms with E-state index >= 15 is 0 Å². The van der Waals surface area contributed by atoms with Crippen molar-refractivity contribution in [1.29, 1.82) is 0 Å². The third kappa shape index (κ3) is 5.87. The van der Waals surface area contributed by atoms with Gasteiger partial charge in [-0.25, -0.2) is 9.78 Å². The van der Waals surface area contributed by atoms with Gasteiger partial charge in [0.1, 0.15) is 11.5 Å². The van der Waals surface area contributed by atoms with E-state index in [0.29, 0.717) is 29.3 Å². The highest BCUT2D eigenvalue weighted by atomic mass is 79.9. The van der Waals surface area contributed by atoms with Gasteiger partial charge in [0, 0.05) is 51.4 Å². The molecule has 1 fully saturated rings. The summed E-state index contributed by atoms with van der Waals surface area (Å²) in [6, 6.07) is 7.39. The molecule has 0 saturated carbocycles. The lowest BCUT2D eigenvalue weighted by atomic mass is 10.1. The van der Waals surface area contributed by atoms with E-state index < -0.39 is 5.97 Å². The second-order valence-electron chi connectivity index (χ2n) is 6.33. The van der Waals surface area contributed by atoms with Crippen molar-refractivity contribution in [2.75, 3.05) is 45.9 Å². The molecule has 1 aliphatic heterocycles. The lowest BCUT2D eigenvalue weighted by Crippen LogP contribution is -2.34. The first-order valence-electron chi connectivity index (χ1n) is 9.23. The Bertz CT molecular complexity index is 755. The van der Waals surface area contributed by atoms with Crippen LogP contribution in [0.3, 0.4) is 0 Å². The monoisotopic (exact) mass is 436 g/mol. The van der Waals surface area contributed by atoms with Crippen LogP contribution < -0.4 is 10.6 Å². The second-order valence-corrected chi connectivity index (χ2v) is 7.11. The van der Waals surface area contributed by atoms with E-state index in [-0.39, 0.29) is 0 Å². The molecule has 2 aromatic heterocycles. The molecule has 1 saturated heterocycles. The number of hydrogen-bond acceptors (Lipinski definition) is 7. The molecule has 0 spiro atoms. The summed E-state index contributed by atoms with van der Waals surface area (Å²) < 4.78 is 11.5. The topological polar surface area (TPSA) is 79.6 Å². The minimum absolute atomic E-state index is 0.303. The Kier molecular flexibility index (Phi) is 7.40. The molecule has 7 nitrogen and oxygen atoms in total. The van der Waals surface area contributed by atoms with Crippen LogP contribution in [0.25, 0.3) is 11.3 Å². The number of halogens is 1. The molecule has 0 amide bonds. The smallest absolute Gasteiger partial charge is 0.356 e. The number of pyridine rings is 1. The fraction of sp³-hybridized carbons (Fsp3) is 0.474. The second kappa shape index (κ2) is 9.98. The molecule has 27 heavy (non-hydrogen) atoms. The number of esters is 1. The van der Waals surface area contributed by atoms with Gasteiger partial charge < -0.3 is 19.8 Å². The van der Waals surface area contributed by atoms with Gasteiger partial charge in [0.15, 0.2) is 4.67 Å². The first kappa shape index (κ1) is 20.0. The molecule has 0 aromatic carbocycles. The zero-order chi connectivity index (χ0) is 19.1. The van der Waals surface area contributed by atoms with Crippen LogP contribution >= 0.6 is 15.9 Å². The van der Waals surface area contributed by atoms with E-state index in [1.54, 1.807) is 13.0 Å². The number of nitrogens with zero attached hydrogens (tertiary/aromatic N) is 2. The number of nitrogens with one attached hydrogen (secondary N) is 2. The van der Waals surface area contributed by atoms with Crippen molar-refractivity contribution >= 4 is 21.9 Å². The van der Waals surface area contributed by atoms with Crippen LogP contribution in [0, 0.1) is 0 Å². The number of aromatic nitrogens is 1. The molecule has 0 atom stereocenters. The number of hydrogen-bond donors (Lipinski definition) is 2. The first-order chi connectivity index (χ1) is 13.2. The van der Waals surface area contributed by atoms with Crippen LogP contribution in [0.1, 0.15) is 23.1 Å². The van der Waals surface area contributed by atoms with E-state index in [1.165, 1.54) is 0 Å². The maximum atomic E-state index is 12.3. The average Bonchev–Trinajstić information content (AvgIpc) is 3.13. The predicted molar refractivity (Wildman–Crippen MR) is 107 cm³/mol. The highest BCUT2D eigenvalue weighted by molar-refractivity contribution is 9.10. The Morgan fingerprint density at radius 1 is 1.22 bits per heavy atom. The maximum absolute atomic E-state index is 12.3. The Morgan fingerprint density at radius 2 is 1.96 bits per heavy atom.